The van der Waals surface area contributed by atoms with E-state index in [0.717, 1.165) is 6.08 Å². The fraction of sp³-hybridized carbons (Fsp3) is 0.583. The Labute approximate surface area is 121 Å². The standard InChI is InChI=1S/C12H6F10O/c13-7(4-2-1-3-5-7)8(14)6(23)9(15,16)11(19,20)12(21,22)10(8,17)18/h1-4H,5H2. The SMILES string of the molecule is O=C1C(F)(F)C(F)(F)C(F)(F)C(F)(F)C1(F)C1(F)C=CC=CC1. The molecular weight excluding hydrogens is 350 g/mol. The van der Waals surface area contributed by atoms with Crippen LogP contribution >= 0.6 is 0 Å². The molecule has 0 aromatic rings. The lowest BCUT2D eigenvalue weighted by atomic mass is 9.65. The van der Waals surface area contributed by atoms with E-state index in [9.17, 15) is 48.7 Å². The Morgan fingerprint density at radius 3 is 1.70 bits per heavy atom. The van der Waals surface area contributed by atoms with Crippen LogP contribution < -0.4 is 0 Å². The third-order valence-corrected chi connectivity index (χ3v) is 3.81. The topological polar surface area (TPSA) is 17.1 Å². The third kappa shape index (κ3) is 1.63. The van der Waals surface area contributed by atoms with Gasteiger partial charge in [0.05, 0.1) is 0 Å². The number of alkyl halides is 10. The first-order valence-corrected chi connectivity index (χ1v) is 5.89. The first-order chi connectivity index (χ1) is 10.1. The number of hydrogen-bond acceptors (Lipinski definition) is 1. The van der Waals surface area contributed by atoms with Gasteiger partial charge in [0.15, 0.2) is 5.67 Å². The van der Waals surface area contributed by atoms with Crippen molar-refractivity contribution in [2.45, 2.75) is 41.4 Å². The molecule has 130 valence electrons. The average molecular weight is 356 g/mol. The summed E-state index contributed by atoms with van der Waals surface area (Å²) < 4.78 is 135. The largest absolute Gasteiger partial charge is 0.385 e. The fourth-order valence-corrected chi connectivity index (χ4v) is 2.41. The first kappa shape index (κ1) is 17.8. The van der Waals surface area contributed by atoms with Gasteiger partial charge in [0.25, 0.3) is 11.5 Å². The molecule has 0 aromatic carbocycles. The Kier molecular flexibility index (Phi) is 3.32. The first-order valence-electron chi connectivity index (χ1n) is 5.89. The molecule has 11 heteroatoms. The molecule has 0 aliphatic heterocycles. The van der Waals surface area contributed by atoms with E-state index in [1.54, 1.807) is 0 Å². The molecule has 1 fully saturated rings. The second kappa shape index (κ2) is 4.29. The second-order valence-corrected chi connectivity index (χ2v) is 5.14. The van der Waals surface area contributed by atoms with Crippen molar-refractivity contribution < 1.29 is 48.7 Å². The summed E-state index contributed by atoms with van der Waals surface area (Å²) in [6.45, 7) is 0. The molecule has 2 atom stereocenters. The zero-order valence-electron chi connectivity index (χ0n) is 10.7. The van der Waals surface area contributed by atoms with Gasteiger partial charge in [-0.25, -0.2) is 8.78 Å². The van der Waals surface area contributed by atoms with Crippen molar-refractivity contribution in [3.05, 3.63) is 24.3 Å². The predicted octanol–water partition coefficient (Wildman–Crippen LogP) is 4.04. The van der Waals surface area contributed by atoms with Gasteiger partial charge in [0.1, 0.15) is 0 Å². The van der Waals surface area contributed by atoms with Gasteiger partial charge in [0.2, 0.25) is 0 Å². The summed E-state index contributed by atoms with van der Waals surface area (Å²) in [6.07, 6.45) is 0.357. The van der Waals surface area contributed by atoms with E-state index in [1.165, 1.54) is 0 Å². The molecule has 0 N–H and O–H groups in total. The molecule has 0 bridgehead atoms. The van der Waals surface area contributed by atoms with Gasteiger partial charge < -0.3 is 0 Å². The Balaban J connectivity index is 2.80. The zero-order valence-corrected chi connectivity index (χ0v) is 10.7. The molecule has 1 nitrogen and oxygen atoms in total. The molecule has 0 radical (unpaired) electrons. The van der Waals surface area contributed by atoms with Crippen molar-refractivity contribution in [3.8, 4) is 0 Å². The van der Waals surface area contributed by atoms with Crippen molar-refractivity contribution in [1.29, 1.82) is 0 Å². The van der Waals surface area contributed by atoms with Crippen LogP contribution in [0.4, 0.5) is 43.9 Å². The number of rotatable bonds is 1. The number of halogens is 10. The summed E-state index contributed by atoms with van der Waals surface area (Å²) in [7, 11) is 0. The Morgan fingerprint density at radius 1 is 0.739 bits per heavy atom. The average Bonchev–Trinajstić information content (AvgIpc) is 2.44. The normalized spacial score (nSPS) is 40.2. The Morgan fingerprint density at radius 2 is 1.26 bits per heavy atom. The van der Waals surface area contributed by atoms with Crippen LogP contribution in [0, 0.1) is 0 Å². The quantitative estimate of drug-likeness (QED) is 0.648. The number of carbonyl (C=O) groups excluding carboxylic acids is 1. The highest BCUT2D eigenvalue weighted by molar-refractivity contribution is 5.99. The van der Waals surface area contributed by atoms with E-state index < -0.39 is 47.2 Å². The Bertz CT molecular complexity index is 607. The van der Waals surface area contributed by atoms with Crippen molar-refractivity contribution in [3.63, 3.8) is 0 Å². The predicted molar refractivity (Wildman–Crippen MR) is 55.4 cm³/mol. The van der Waals surface area contributed by atoms with Gasteiger partial charge in [0, 0.05) is 6.42 Å². The number of ketones is 1. The van der Waals surface area contributed by atoms with Crippen molar-refractivity contribution in [1.82, 2.24) is 0 Å². The minimum Gasteiger partial charge on any atom is -0.289 e. The van der Waals surface area contributed by atoms with Crippen LogP contribution in [-0.2, 0) is 4.79 Å². The van der Waals surface area contributed by atoms with Gasteiger partial charge in [-0.3, -0.25) is 4.79 Å². The maximum absolute atomic E-state index is 14.5. The summed E-state index contributed by atoms with van der Waals surface area (Å²) >= 11 is 0. The van der Waals surface area contributed by atoms with E-state index >= 15 is 0 Å². The molecule has 2 unspecified atom stereocenters. The van der Waals surface area contributed by atoms with Crippen LogP contribution in [-0.4, -0.2) is 40.8 Å². The lowest BCUT2D eigenvalue weighted by Crippen LogP contribution is -2.83. The molecule has 2 rings (SSSR count). The summed E-state index contributed by atoms with van der Waals surface area (Å²) in [4.78, 5) is 11.3. The van der Waals surface area contributed by atoms with Gasteiger partial charge in [-0.1, -0.05) is 18.2 Å². The minimum absolute atomic E-state index is 0.158. The third-order valence-electron chi connectivity index (χ3n) is 3.81. The molecule has 0 heterocycles. The van der Waals surface area contributed by atoms with Crippen LogP contribution in [0.25, 0.3) is 0 Å². The molecule has 1 saturated carbocycles. The lowest BCUT2D eigenvalue weighted by molar-refractivity contribution is -0.405. The summed E-state index contributed by atoms with van der Waals surface area (Å²) in [5.41, 5.74) is -10.2. The molecule has 2 aliphatic rings. The van der Waals surface area contributed by atoms with Crippen molar-refractivity contribution in [2.24, 2.45) is 0 Å². The molecule has 0 amide bonds. The minimum atomic E-state index is -7.01. The van der Waals surface area contributed by atoms with Gasteiger partial charge >= 0.3 is 23.7 Å². The number of hydrogen-bond donors (Lipinski definition) is 0. The van der Waals surface area contributed by atoms with Crippen LogP contribution in [0.3, 0.4) is 0 Å². The molecule has 0 spiro atoms. The molecular formula is C12H6F10O. The second-order valence-electron chi connectivity index (χ2n) is 5.14. The summed E-state index contributed by atoms with van der Waals surface area (Å²) in [5.74, 6) is -31.1. The summed E-state index contributed by atoms with van der Waals surface area (Å²) in [5, 5.41) is 0. The molecule has 2 aliphatic carbocycles. The van der Waals surface area contributed by atoms with Crippen LogP contribution in [0.1, 0.15) is 6.42 Å². The van der Waals surface area contributed by atoms with Gasteiger partial charge in [-0.05, 0) is 6.08 Å². The van der Waals surface area contributed by atoms with E-state index in [0.29, 0.717) is 12.2 Å². The highest BCUT2D eigenvalue weighted by Crippen LogP contribution is 2.66. The number of Topliss-reactive ketones (excluding diaryl/α,β-unsaturated/α-hetero) is 1. The van der Waals surface area contributed by atoms with E-state index in [-0.39, 0.29) is 6.08 Å². The monoisotopic (exact) mass is 356 g/mol. The number of carbonyl (C=O) groups is 1. The highest BCUT2D eigenvalue weighted by atomic mass is 19.4. The zero-order chi connectivity index (χ0) is 18.1. The Hall–Kier alpha value is -1.55. The highest BCUT2D eigenvalue weighted by Gasteiger charge is 2.97. The van der Waals surface area contributed by atoms with Crippen LogP contribution in [0.5, 0.6) is 0 Å². The maximum atomic E-state index is 14.5. The van der Waals surface area contributed by atoms with E-state index in [1.807, 2.05) is 0 Å². The molecule has 0 aromatic heterocycles. The van der Waals surface area contributed by atoms with Gasteiger partial charge in [-0.2, -0.15) is 35.1 Å². The van der Waals surface area contributed by atoms with Crippen LogP contribution in [0.15, 0.2) is 24.3 Å². The molecule has 0 saturated heterocycles. The molecule has 23 heavy (non-hydrogen) atoms. The maximum Gasteiger partial charge on any atom is 0.385 e. The lowest BCUT2D eigenvalue weighted by Gasteiger charge is -2.51. The van der Waals surface area contributed by atoms with Gasteiger partial charge in [-0.15, -0.1) is 0 Å². The summed E-state index contributed by atoms with van der Waals surface area (Å²) in [6, 6.07) is 0. The smallest absolute Gasteiger partial charge is 0.289 e. The van der Waals surface area contributed by atoms with Crippen molar-refractivity contribution >= 4 is 5.78 Å². The van der Waals surface area contributed by atoms with Crippen molar-refractivity contribution in [2.75, 3.05) is 0 Å². The fourth-order valence-electron chi connectivity index (χ4n) is 2.41. The number of allylic oxidation sites excluding steroid dienone is 4. The van der Waals surface area contributed by atoms with E-state index in [4.69, 9.17) is 0 Å². The van der Waals surface area contributed by atoms with Crippen LogP contribution in [0.2, 0.25) is 0 Å². The van der Waals surface area contributed by atoms with E-state index in [2.05, 4.69) is 0 Å².